The number of hydrogen-bond acceptors (Lipinski definition) is 6. The number of nitrogens with zero attached hydrogens (tertiary/aromatic N) is 2. The van der Waals surface area contributed by atoms with Gasteiger partial charge in [0, 0.05) is 17.3 Å². The van der Waals surface area contributed by atoms with Crippen LogP contribution in [0.5, 0.6) is 0 Å². The molecule has 0 atom stereocenters. The number of thiazole rings is 1. The molecule has 0 aliphatic heterocycles. The lowest BCUT2D eigenvalue weighted by atomic mass is 9.85. The van der Waals surface area contributed by atoms with E-state index in [-0.39, 0.29) is 24.2 Å². The summed E-state index contributed by atoms with van der Waals surface area (Å²) < 4.78 is 3.53. The fraction of sp³-hybridized carbons (Fsp3) is 0.476. The van der Waals surface area contributed by atoms with Crippen molar-refractivity contribution in [3.63, 3.8) is 0 Å². The van der Waals surface area contributed by atoms with Crippen LogP contribution < -0.4 is 4.72 Å². The summed E-state index contributed by atoms with van der Waals surface area (Å²) in [6.07, 6.45) is 0.253. The standard InChI is InChI=1S/C21H27N3O2S2/c1-12(2)15-7-14(10-22)8-16(13(3)4)17(15)9-19(25)24-28-20-23-18(11-27-20)21(5,6)26/h7-8,11-13,26H,9H2,1-6H3,(H,24,25). The summed E-state index contributed by atoms with van der Waals surface area (Å²) in [5.41, 5.74) is 3.31. The first-order chi connectivity index (χ1) is 13.0. The number of hydrogen-bond donors (Lipinski definition) is 2. The van der Waals surface area contributed by atoms with E-state index < -0.39 is 5.60 Å². The van der Waals surface area contributed by atoms with Crippen LogP contribution in [0.25, 0.3) is 0 Å². The van der Waals surface area contributed by atoms with Crippen molar-refractivity contribution in [3.8, 4) is 6.07 Å². The van der Waals surface area contributed by atoms with E-state index in [1.807, 2.05) is 12.1 Å². The number of aliphatic hydroxyl groups is 1. The van der Waals surface area contributed by atoms with Crippen LogP contribution in [0.4, 0.5) is 0 Å². The third-order valence-corrected chi connectivity index (χ3v) is 6.16. The van der Waals surface area contributed by atoms with E-state index in [4.69, 9.17) is 0 Å². The Morgan fingerprint density at radius 2 is 1.86 bits per heavy atom. The molecule has 5 nitrogen and oxygen atoms in total. The molecule has 1 amide bonds. The summed E-state index contributed by atoms with van der Waals surface area (Å²) in [5.74, 6) is 0.322. The number of aromatic nitrogens is 1. The van der Waals surface area contributed by atoms with Gasteiger partial charge in [-0.1, -0.05) is 27.7 Å². The number of amides is 1. The van der Waals surface area contributed by atoms with Crippen LogP contribution in [0.15, 0.2) is 21.9 Å². The van der Waals surface area contributed by atoms with Gasteiger partial charge in [0.25, 0.3) is 0 Å². The zero-order valence-electron chi connectivity index (χ0n) is 17.2. The third kappa shape index (κ3) is 5.57. The van der Waals surface area contributed by atoms with Gasteiger partial charge in [0.05, 0.1) is 23.7 Å². The van der Waals surface area contributed by atoms with Crippen molar-refractivity contribution < 1.29 is 9.90 Å². The molecule has 0 aliphatic carbocycles. The van der Waals surface area contributed by atoms with Gasteiger partial charge in [0.2, 0.25) is 5.91 Å². The molecule has 1 aromatic heterocycles. The highest BCUT2D eigenvalue weighted by Crippen LogP contribution is 2.31. The Balaban J connectivity index is 2.19. The Morgan fingerprint density at radius 3 is 2.29 bits per heavy atom. The average Bonchev–Trinajstić information content (AvgIpc) is 3.09. The van der Waals surface area contributed by atoms with E-state index in [2.05, 4.69) is 43.5 Å². The molecular weight excluding hydrogens is 390 g/mol. The molecular formula is C21H27N3O2S2. The third-order valence-electron chi connectivity index (χ3n) is 4.39. The molecule has 0 fully saturated rings. The molecule has 150 valence electrons. The van der Waals surface area contributed by atoms with Gasteiger partial charge in [0.15, 0.2) is 4.34 Å². The molecule has 0 unspecified atom stereocenters. The van der Waals surface area contributed by atoms with E-state index >= 15 is 0 Å². The zero-order chi connectivity index (χ0) is 21.1. The van der Waals surface area contributed by atoms with E-state index in [0.29, 0.717) is 15.6 Å². The van der Waals surface area contributed by atoms with Crippen LogP contribution in [0.3, 0.4) is 0 Å². The Hall–Kier alpha value is -1.88. The van der Waals surface area contributed by atoms with Crippen molar-refractivity contribution in [2.75, 3.05) is 0 Å². The molecule has 0 bridgehead atoms. The number of rotatable bonds is 7. The second kappa shape index (κ2) is 9.08. The minimum absolute atomic E-state index is 0.112. The monoisotopic (exact) mass is 417 g/mol. The molecule has 0 radical (unpaired) electrons. The smallest absolute Gasteiger partial charge is 0.234 e. The fourth-order valence-corrected chi connectivity index (χ4v) is 4.48. The summed E-state index contributed by atoms with van der Waals surface area (Å²) in [5, 5.41) is 21.1. The van der Waals surface area contributed by atoms with Gasteiger partial charge in [-0.3, -0.25) is 9.52 Å². The average molecular weight is 418 g/mol. The Morgan fingerprint density at radius 1 is 1.29 bits per heavy atom. The van der Waals surface area contributed by atoms with Crippen LogP contribution >= 0.6 is 23.3 Å². The van der Waals surface area contributed by atoms with Crippen LogP contribution in [0.1, 0.15) is 81.3 Å². The molecule has 0 saturated carbocycles. The maximum absolute atomic E-state index is 12.6. The molecule has 0 aliphatic rings. The first-order valence-corrected chi connectivity index (χ1v) is 10.9. The molecule has 7 heteroatoms. The molecule has 28 heavy (non-hydrogen) atoms. The Labute approximate surface area is 175 Å². The highest BCUT2D eigenvalue weighted by atomic mass is 32.2. The van der Waals surface area contributed by atoms with Crippen molar-refractivity contribution in [3.05, 3.63) is 45.5 Å². The number of benzene rings is 1. The Bertz CT molecular complexity index is 861. The lowest BCUT2D eigenvalue weighted by Gasteiger charge is -2.20. The molecule has 2 N–H and O–H groups in total. The van der Waals surface area contributed by atoms with Crippen molar-refractivity contribution in [1.29, 1.82) is 5.26 Å². The van der Waals surface area contributed by atoms with E-state index in [1.165, 1.54) is 23.3 Å². The molecule has 0 saturated heterocycles. The van der Waals surface area contributed by atoms with Gasteiger partial charge in [0.1, 0.15) is 5.60 Å². The fourth-order valence-electron chi connectivity index (χ4n) is 2.90. The minimum Gasteiger partial charge on any atom is -0.384 e. The first kappa shape index (κ1) is 22.4. The largest absolute Gasteiger partial charge is 0.384 e. The van der Waals surface area contributed by atoms with Crippen molar-refractivity contribution in [2.45, 2.75) is 69.7 Å². The van der Waals surface area contributed by atoms with E-state index in [9.17, 15) is 15.2 Å². The molecule has 1 heterocycles. The van der Waals surface area contributed by atoms with E-state index in [1.54, 1.807) is 19.2 Å². The normalized spacial score (nSPS) is 11.7. The van der Waals surface area contributed by atoms with Gasteiger partial charge in [-0.2, -0.15) is 5.26 Å². The predicted molar refractivity (Wildman–Crippen MR) is 114 cm³/mol. The summed E-state index contributed by atoms with van der Waals surface area (Å²) in [4.78, 5) is 17.0. The first-order valence-electron chi connectivity index (χ1n) is 9.23. The molecule has 2 rings (SSSR count). The van der Waals surface area contributed by atoms with Crippen LogP contribution in [0.2, 0.25) is 0 Å². The molecule has 2 aromatic rings. The van der Waals surface area contributed by atoms with Crippen molar-refractivity contribution in [2.24, 2.45) is 0 Å². The predicted octanol–water partition coefficient (Wildman–Crippen LogP) is 4.85. The second-order valence-electron chi connectivity index (χ2n) is 7.92. The highest BCUT2D eigenvalue weighted by Gasteiger charge is 2.21. The maximum Gasteiger partial charge on any atom is 0.234 e. The van der Waals surface area contributed by atoms with Gasteiger partial charge >= 0.3 is 0 Å². The number of carbonyl (C=O) groups excluding carboxylic acids is 1. The number of carbonyl (C=O) groups is 1. The van der Waals surface area contributed by atoms with Crippen molar-refractivity contribution >= 4 is 29.2 Å². The van der Waals surface area contributed by atoms with Gasteiger partial charge in [-0.25, -0.2) is 4.98 Å². The maximum atomic E-state index is 12.6. The zero-order valence-corrected chi connectivity index (χ0v) is 18.8. The number of nitrogens with one attached hydrogen (secondary N) is 1. The summed E-state index contributed by atoms with van der Waals surface area (Å²) in [7, 11) is 0. The minimum atomic E-state index is -1.000. The lowest BCUT2D eigenvalue weighted by Crippen LogP contribution is -2.20. The molecule has 1 aromatic carbocycles. The topological polar surface area (TPSA) is 86.0 Å². The van der Waals surface area contributed by atoms with Gasteiger partial charge in [-0.05, 0) is 54.5 Å². The van der Waals surface area contributed by atoms with Crippen LogP contribution in [0, 0.1) is 11.3 Å². The number of nitriles is 1. The SMILES string of the molecule is CC(C)c1cc(C#N)cc(C(C)C)c1CC(=O)NSc1nc(C(C)(C)O)cs1. The van der Waals surface area contributed by atoms with Crippen LogP contribution in [-0.2, 0) is 16.8 Å². The molecule has 0 spiro atoms. The van der Waals surface area contributed by atoms with Crippen LogP contribution in [-0.4, -0.2) is 16.0 Å². The second-order valence-corrected chi connectivity index (χ2v) is 9.83. The quantitative estimate of drug-likeness (QED) is 0.629. The van der Waals surface area contributed by atoms with Gasteiger partial charge in [-0.15, -0.1) is 11.3 Å². The Kier molecular flexibility index (Phi) is 7.27. The summed E-state index contributed by atoms with van der Waals surface area (Å²) >= 11 is 2.55. The van der Waals surface area contributed by atoms with E-state index in [0.717, 1.165) is 16.7 Å². The lowest BCUT2D eigenvalue weighted by molar-refractivity contribution is -0.118. The summed E-state index contributed by atoms with van der Waals surface area (Å²) in [6.45, 7) is 11.7. The summed E-state index contributed by atoms with van der Waals surface area (Å²) in [6, 6.07) is 6.01. The highest BCUT2D eigenvalue weighted by molar-refractivity contribution is 7.99. The van der Waals surface area contributed by atoms with Crippen molar-refractivity contribution in [1.82, 2.24) is 9.71 Å². The van der Waals surface area contributed by atoms with Gasteiger partial charge < -0.3 is 5.11 Å².